The van der Waals surface area contributed by atoms with Crippen LogP contribution in [-0.2, 0) is 20.1 Å². The molecule has 13 aromatic rings. The van der Waals surface area contributed by atoms with Crippen molar-refractivity contribution in [3.05, 3.63) is 285 Å². The van der Waals surface area contributed by atoms with E-state index in [4.69, 9.17) is 11.6 Å². The van der Waals surface area contributed by atoms with Gasteiger partial charge in [-0.2, -0.15) is 21.0 Å². The number of carbonyl (C=O) groups excluding carboxylic acids is 4. The number of thiophene rings is 4. The van der Waals surface area contributed by atoms with Crippen molar-refractivity contribution in [2.75, 3.05) is 131 Å². The topological polar surface area (TPSA) is 308 Å². The Morgan fingerprint density at radius 3 is 1.23 bits per heavy atom. The summed E-state index contributed by atoms with van der Waals surface area (Å²) < 4.78 is 32.7. The SMILES string of the molecule is Cn1c(=O)c(C#N)c(N2CCN(C(=O)c3cccs3)CC2)c2cc(Cl)ccc21.N#Cc1c(N2CCN(C(=O)c3cccs3)CC2)c2cc(F)ccc2[nH]c1=O.N#Cc1c(N2CCN(C(=O)c3cccs3)CC2)c2ccccc2n(CCCO)c1=O.N#Cc1c(N2CCN(C(=O)c3cccs3)CC2)c2ccccc2n(Cc2ccccc2F)c1=O. The molecular formula is C87H75ClF2N16O9S4. The maximum absolute atomic E-state index is 14.3. The summed E-state index contributed by atoms with van der Waals surface area (Å²) in [5, 5.41) is 59.0. The number of amides is 4. The van der Waals surface area contributed by atoms with Gasteiger partial charge in [0.15, 0.2) is 0 Å². The zero-order valence-corrected chi connectivity index (χ0v) is 68.2. The number of H-pyrrole nitrogens is 1. The fourth-order valence-electron chi connectivity index (χ4n) is 15.4. The van der Waals surface area contributed by atoms with Gasteiger partial charge < -0.3 is 63.0 Å². The maximum atomic E-state index is 14.3. The van der Waals surface area contributed by atoms with E-state index in [9.17, 15) is 73.3 Å². The van der Waals surface area contributed by atoms with Crippen molar-refractivity contribution in [1.82, 2.24) is 38.3 Å². The number of halogens is 3. The second-order valence-corrected chi connectivity index (χ2v) is 32.3. The summed E-state index contributed by atoms with van der Waals surface area (Å²) in [5.41, 5.74) is 3.84. The van der Waals surface area contributed by atoms with E-state index < -0.39 is 22.8 Å². The molecule has 602 valence electrons. The number of pyridine rings is 4. The number of para-hydroxylation sites is 2. The molecule has 4 saturated heterocycles. The van der Waals surface area contributed by atoms with E-state index >= 15 is 0 Å². The van der Waals surface area contributed by atoms with E-state index in [1.807, 2.05) is 148 Å². The van der Waals surface area contributed by atoms with Crippen LogP contribution in [0.1, 0.15) is 72.9 Å². The number of fused-ring (bicyclic) bond motifs is 4. The number of nitriles is 4. The summed E-state index contributed by atoms with van der Waals surface area (Å²) in [6.45, 7) is 8.51. The highest BCUT2D eigenvalue weighted by Crippen LogP contribution is 2.36. The molecule has 5 aromatic carbocycles. The monoisotopic (exact) mass is 1690 g/mol. The number of aromatic nitrogens is 4. The third-order valence-corrected chi connectivity index (χ3v) is 25.0. The van der Waals surface area contributed by atoms with Gasteiger partial charge >= 0.3 is 0 Å². The number of aliphatic hydroxyl groups is 1. The van der Waals surface area contributed by atoms with Crippen LogP contribution in [0.5, 0.6) is 0 Å². The van der Waals surface area contributed by atoms with E-state index in [2.05, 4.69) is 23.2 Å². The standard InChI is InChI=1S/C26H21FN4O2S.C22H22N4O3S.C20H17ClN4O2S.C19H15FN4O2S/c27-21-8-3-1-6-18(21)17-31-22-9-4-2-7-19(22)24(20(16-28)25(31)32)29-11-13-30(14-12-29)26(33)23-10-5-15-34-23;23-15-17-20(16-5-1-2-6-18(16)26(21(17)28)8-4-13-27)24-9-11-25(12-10-24)22(29)19-7-3-14-30-19;1-23-16-5-4-13(21)11-14(16)18(15(12-22)19(23)26)24-6-8-25(9-7-24)20(27)17-3-2-10-28-17;20-12-3-4-15-13(10-12)17(14(11-21)18(25)22-15)23-5-7-24(8-6-23)19(26)16-2-1-9-27-16/h1-10,15H,11-14,17H2;1-3,5-7,14,27H,4,8-13H2;2-5,10-11H,6-9H2,1H3;1-4,9-10H,5-8H2,(H,22,25). The molecule has 25 nitrogen and oxygen atoms in total. The van der Waals surface area contributed by atoms with Gasteiger partial charge in [-0.15, -0.1) is 45.3 Å². The fourth-order valence-corrected chi connectivity index (χ4v) is 18.3. The maximum Gasteiger partial charge on any atom is 0.271 e. The number of benzene rings is 5. The molecule has 8 aromatic heterocycles. The van der Waals surface area contributed by atoms with Gasteiger partial charge in [0.1, 0.15) is 58.2 Å². The number of hydrogen-bond donors (Lipinski definition) is 2. The molecule has 0 aliphatic carbocycles. The number of piperazine rings is 4. The first kappa shape index (κ1) is 82.4. The zero-order valence-electron chi connectivity index (χ0n) is 64.2. The number of aromatic amines is 1. The summed E-state index contributed by atoms with van der Waals surface area (Å²) in [6, 6.07) is 53.6. The van der Waals surface area contributed by atoms with Gasteiger partial charge in [-0.25, -0.2) is 8.78 Å². The molecule has 0 saturated carbocycles. The van der Waals surface area contributed by atoms with Crippen molar-refractivity contribution in [3.8, 4) is 24.3 Å². The van der Waals surface area contributed by atoms with Gasteiger partial charge in [-0.3, -0.25) is 38.4 Å². The van der Waals surface area contributed by atoms with Crippen LogP contribution >= 0.6 is 56.9 Å². The minimum Gasteiger partial charge on any atom is -0.396 e. The molecule has 0 bridgehead atoms. The molecule has 0 unspecified atom stereocenters. The second kappa shape index (κ2) is 37.0. The Bertz CT molecular complexity index is 6440. The van der Waals surface area contributed by atoms with Crippen LogP contribution in [0.3, 0.4) is 0 Å². The van der Waals surface area contributed by atoms with Crippen LogP contribution in [0.4, 0.5) is 31.5 Å². The van der Waals surface area contributed by atoms with Gasteiger partial charge in [-0.05, 0) is 107 Å². The molecule has 17 rings (SSSR count). The van der Waals surface area contributed by atoms with Crippen molar-refractivity contribution in [2.45, 2.75) is 19.5 Å². The van der Waals surface area contributed by atoms with Crippen molar-refractivity contribution in [3.63, 3.8) is 0 Å². The van der Waals surface area contributed by atoms with Crippen molar-refractivity contribution < 1.29 is 33.1 Å². The van der Waals surface area contributed by atoms with E-state index in [0.29, 0.717) is 177 Å². The lowest BCUT2D eigenvalue weighted by Gasteiger charge is -2.37. The molecule has 0 radical (unpaired) electrons. The third kappa shape index (κ3) is 17.2. The number of aryl methyl sites for hydroxylation is 2. The van der Waals surface area contributed by atoms with Crippen LogP contribution in [0.25, 0.3) is 43.6 Å². The molecule has 4 fully saturated rings. The summed E-state index contributed by atoms with van der Waals surface area (Å²) >= 11 is 11.9. The van der Waals surface area contributed by atoms with E-state index in [-0.39, 0.29) is 70.2 Å². The number of rotatable bonds is 13. The van der Waals surface area contributed by atoms with Crippen LogP contribution in [0, 0.1) is 57.0 Å². The van der Waals surface area contributed by atoms with Crippen LogP contribution < -0.4 is 41.8 Å². The molecule has 0 atom stereocenters. The number of aliphatic hydroxyl groups excluding tert-OH is 1. The highest BCUT2D eigenvalue weighted by atomic mass is 35.5. The van der Waals surface area contributed by atoms with Crippen molar-refractivity contribution >= 4 is 147 Å². The van der Waals surface area contributed by atoms with Gasteiger partial charge in [-0.1, -0.05) is 90.5 Å². The molecular weight excluding hydrogens is 1610 g/mol. The normalized spacial score (nSPS) is 14.1. The summed E-state index contributed by atoms with van der Waals surface area (Å²) in [4.78, 5) is 123. The first-order valence-electron chi connectivity index (χ1n) is 38.1. The Kier molecular flexibility index (Phi) is 25.6. The van der Waals surface area contributed by atoms with Crippen LogP contribution in [0.2, 0.25) is 5.02 Å². The quantitative estimate of drug-likeness (QED) is 0.108. The first-order valence-corrected chi connectivity index (χ1v) is 42.0. The smallest absolute Gasteiger partial charge is 0.271 e. The molecule has 32 heteroatoms. The number of nitrogens with one attached hydrogen (secondary N) is 1. The average molecular weight is 1690 g/mol. The summed E-state index contributed by atoms with van der Waals surface area (Å²) in [5.74, 6) is -0.812. The Balaban J connectivity index is 0.000000131. The highest BCUT2D eigenvalue weighted by molar-refractivity contribution is 7.13. The number of hydrogen-bond acceptors (Lipinski definition) is 21. The highest BCUT2D eigenvalue weighted by Gasteiger charge is 2.33. The second-order valence-electron chi connectivity index (χ2n) is 28.1. The van der Waals surface area contributed by atoms with Gasteiger partial charge in [0.05, 0.1) is 70.9 Å². The average Bonchev–Trinajstić information content (AvgIpc) is 1.07. The molecule has 4 amide bonds. The molecule has 4 aliphatic rings. The zero-order chi connectivity index (χ0) is 83.5. The predicted octanol–water partition coefficient (Wildman–Crippen LogP) is 12.0. The van der Waals surface area contributed by atoms with Crippen molar-refractivity contribution in [2.24, 2.45) is 7.05 Å². The number of carbonyl (C=O) groups is 4. The lowest BCUT2D eigenvalue weighted by molar-refractivity contribution is 0.0744. The minimum absolute atomic E-state index is 0.000296. The van der Waals surface area contributed by atoms with E-state index in [0.717, 1.165) is 36.9 Å². The Morgan fingerprint density at radius 1 is 0.429 bits per heavy atom. The van der Waals surface area contributed by atoms with Gasteiger partial charge in [0, 0.05) is 157 Å². The summed E-state index contributed by atoms with van der Waals surface area (Å²) in [7, 11) is 1.65. The number of anilines is 4. The van der Waals surface area contributed by atoms with E-state index in [1.54, 1.807) is 63.9 Å². The Labute approximate surface area is 701 Å². The van der Waals surface area contributed by atoms with Crippen LogP contribution in [-0.4, -0.2) is 178 Å². The fraction of sp³-hybridized carbons (Fsp3) is 0.241. The van der Waals surface area contributed by atoms with Gasteiger partial charge in [0.25, 0.3) is 45.9 Å². The number of nitrogens with zero attached hydrogens (tertiary/aromatic N) is 15. The Morgan fingerprint density at radius 2 is 0.815 bits per heavy atom. The van der Waals surface area contributed by atoms with E-state index in [1.165, 1.54) is 78.7 Å². The predicted molar refractivity (Wildman–Crippen MR) is 461 cm³/mol. The summed E-state index contributed by atoms with van der Waals surface area (Å²) in [6.07, 6.45) is 0.442. The third-order valence-electron chi connectivity index (χ3n) is 21.3. The van der Waals surface area contributed by atoms with Gasteiger partial charge in [0.2, 0.25) is 0 Å². The molecule has 2 N–H and O–H groups in total. The lowest BCUT2D eigenvalue weighted by atomic mass is 10.1. The Hall–Kier alpha value is -13.1. The van der Waals surface area contributed by atoms with Crippen LogP contribution in [0.15, 0.2) is 198 Å². The largest absolute Gasteiger partial charge is 0.396 e. The minimum atomic E-state index is -0.497. The first-order chi connectivity index (χ1) is 57.8. The lowest BCUT2D eigenvalue weighted by Crippen LogP contribution is -2.49. The molecule has 12 heterocycles. The molecule has 119 heavy (non-hydrogen) atoms. The molecule has 4 aliphatic heterocycles. The molecule has 0 spiro atoms. The van der Waals surface area contributed by atoms with Crippen molar-refractivity contribution in [1.29, 1.82) is 21.0 Å².